The van der Waals surface area contributed by atoms with E-state index in [1.807, 2.05) is 0 Å². The van der Waals surface area contributed by atoms with Gasteiger partial charge < -0.3 is 14.4 Å². The molecule has 0 bridgehead atoms. The summed E-state index contributed by atoms with van der Waals surface area (Å²) in [4.78, 5) is 14.0. The molecule has 25 heavy (non-hydrogen) atoms. The third-order valence-corrected chi connectivity index (χ3v) is 6.71. The molecule has 1 unspecified atom stereocenters. The van der Waals surface area contributed by atoms with Gasteiger partial charge in [-0.1, -0.05) is 12.8 Å². The average Bonchev–Trinajstić information content (AvgIpc) is 3.16. The fourth-order valence-electron chi connectivity index (χ4n) is 5.04. The van der Waals surface area contributed by atoms with Gasteiger partial charge in [0.15, 0.2) is 0 Å². The third kappa shape index (κ3) is 3.57. The minimum atomic E-state index is -2.63. The van der Waals surface area contributed by atoms with Gasteiger partial charge in [0.05, 0.1) is 13.1 Å². The Balaban J connectivity index is 1.19. The van der Waals surface area contributed by atoms with E-state index in [2.05, 4.69) is 0 Å². The summed E-state index contributed by atoms with van der Waals surface area (Å²) in [5.74, 6) is -2.06. The zero-order valence-electron chi connectivity index (χ0n) is 14.9. The molecule has 1 amide bonds. The molecule has 2 saturated carbocycles. The molecule has 1 atom stereocenters. The van der Waals surface area contributed by atoms with Crippen LogP contribution in [0.2, 0.25) is 0 Å². The van der Waals surface area contributed by atoms with E-state index in [1.54, 1.807) is 4.90 Å². The molecule has 4 nitrogen and oxygen atoms in total. The van der Waals surface area contributed by atoms with Crippen molar-refractivity contribution in [3.63, 3.8) is 0 Å². The number of alkyl halides is 2. The van der Waals surface area contributed by atoms with Crippen molar-refractivity contribution in [2.75, 3.05) is 32.9 Å². The summed E-state index contributed by atoms with van der Waals surface area (Å²) in [6, 6.07) is 0. The Morgan fingerprint density at radius 3 is 2.56 bits per heavy atom. The van der Waals surface area contributed by atoms with Gasteiger partial charge in [-0.25, -0.2) is 8.78 Å². The Morgan fingerprint density at radius 1 is 1.16 bits per heavy atom. The smallest absolute Gasteiger partial charge is 0.249 e. The van der Waals surface area contributed by atoms with E-state index in [9.17, 15) is 13.6 Å². The van der Waals surface area contributed by atoms with Gasteiger partial charge in [-0.05, 0) is 37.5 Å². The maximum absolute atomic E-state index is 13.0. The van der Waals surface area contributed by atoms with Gasteiger partial charge in [0.25, 0.3) is 0 Å². The summed E-state index contributed by atoms with van der Waals surface area (Å²) < 4.78 is 37.8. The van der Waals surface area contributed by atoms with Crippen LogP contribution in [0.25, 0.3) is 0 Å². The molecule has 0 aromatic heterocycles. The lowest BCUT2D eigenvalue weighted by Gasteiger charge is -2.52. The molecule has 4 aliphatic rings. The molecular formula is C19H29F2NO3. The second-order valence-electron chi connectivity index (χ2n) is 8.57. The van der Waals surface area contributed by atoms with Gasteiger partial charge in [-0.15, -0.1) is 0 Å². The first-order valence-electron chi connectivity index (χ1n) is 9.86. The van der Waals surface area contributed by atoms with E-state index in [0.29, 0.717) is 19.0 Å². The minimum absolute atomic E-state index is 0.108. The summed E-state index contributed by atoms with van der Waals surface area (Å²) in [5, 5.41) is 0. The zero-order valence-corrected chi connectivity index (χ0v) is 14.9. The highest BCUT2D eigenvalue weighted by Gasteiger charge is 2.57. The first-order valence-corrected chi connectivity index (χ1v) is 9.86. The molecule has 0 aromatic rings. The number of carbonyl (C=O) groups excluding carboxylic acids is 1. The molecule has 2 saturated heterocycles. The summed E-state index contributed by atoms with van der Waals surface area (Å²) in [6.45, 7) is 3.51. The van der Waals surface area contributed by atoms with Crippen LogP contribution in [0, 0.1) is 17.8 Å². The molecule has 0 N–H and O–H groups in total. The highest BCUT2D eigenvalue weighted by molar-refractivity contribution is 5.81. The van der Waals surface area contributed by atoms with E-state index >= 15 is 0 Å². The van der Waals surface area contributed by atoms with Crippen LogP contribution in [-0.2, 0) is 14.3 Å². The molecule has 2 aliphatic heterocycles. The number of ether oxygens (including phenoxy) is 2. The molecule has 4 fully saturated rings. The van der Waals surface area contributed by atoms with Crippen molar-refractivity contribution in [1.82, 2.24) is 4.90 Å². The van der Waals surface area contributed by atoms with Crippen LogP contribution >= 0.6 is 0 Å². The maximum Gasteiger partial charge on any atom is 0.249 e. The molecule has 0 radical (unpaired) electrons. The predicted molar refractivity (Wildman–Crippen MR) is 88.4 cm³/mol. The number of rotatable bonds is 6. The number of likely N-dealkylation sites (tertiary alicyclic amines) is 1. The van der Waals surface area contributed by atoms with E-state index in [4.69, 9.17) is 9.47 Å². The summed E-state index contributed by atoms with van der Waals surface area (Å²) in [7, 11) is 0. The summed E-state index contributed by atoms with van der Waals surface area (Å²) in [6.07, 6.45) is 6.69. The number of carbonyl (C=O) groups is 1. The van der Waals surface area contributed by atoms with Gasteiger partial charge in [0.2, 0.25) is 11.8 Å². The first kappa shape index (κ1) is 17.7. The third-order valence-electron chi connectivity index (χ3n) is 6.71. The Morgan fingerprint density at radius 2 is 1.88 bits per heavy atom. The van der Waals surface area contributed by atoms with Crippen LogP contribution in [0.1, 0.15) is 51.4 Å². The van der Waals surface area contributed by atoms with Gasteiger partial charge >= 0.3 is 0 Å². The van der Waals surface area contributed by atoms with Gasteiger partial charge in [-0.3, -0.25) is 4.79 Å². The normalized spacial score (nSPS) is 31.3. The SMILES string of the molecule is O=C(C1CC(F)(F)C1)N1CC2(C1)OCCC2CCOCC1CCCC1. The summed E-state index contributed by atoms with van der Waals surface area (Å²) in [5.41, 5.74) is -0.237. The quantitative estimate of drug-likeness (QED) is 0.685. The number of hydrogen-bond acceptors (Lipinski definition) is 3. The van der Waals surface area contributed by atoms with Gasteiger partial charge in [0, 0.05) is 38.6 Å². The minimum Gasteiger partial charge on any atom is -0.381 e. The van der Waals surface area contributed by atoms with Crippen molar-refractivity contribution in [1.29, 1.82) is 0 Å². The van der Waals surface area contributed by atoms with Crippen LogP contribution in [0.4, 0.5) is 8.78 Å². The molecule has 142 valence electrons. The highest BCUT2D eigenvalue weighted by Crippen LogP contribution is 2.47. The second-order valence-corrected chi connectivity index (χ2v) is 8.57. The molecule has 2 heterocycles. The van der Waals surface area contributed by atoms with Crippen LogP contribution < -0.4 is 0 Å². The van der Waals surface area contributed by atoms with E-state index < -0.39 is 11.8 Å². The lowest BCUT2D eigenvalue weighted by atomic mass is 9.75. The van der Waals surface area contributed by atoms with Crippen molar-refractivity contribution < 1.29 is 23.0 Å². The van der Waals surface area contributed by atoms with Crippen LogP contribution in [0.15, 0.2) is 0 Å². The largest absolute Gasteiger partial charge is 0.381 e. The summed E-state index contributed by atoms with van der Waals surface area (Å²) >= 11 is 0. The molecule has 0 aromatic carbocycles. The molecular weight excluding hydrogens is 328 g/mol. The monoisotopic (exact) mass is 357 g/mol. The molecule has 2 aliphatic carbocycles. The second kappa shape index (κ2) is 6.76. The Kier molecular flexibility index (Phi) is 4.78. The standard InChI is InChI=1S/C19H29F2NO3/c20-19(21)9-15(10-19)17(23)22-12-18(13-22)16(6-8-25-18)5-7-24-11-14-3-1-2-4-14/h14-16H,1-13H2. The lowest BCUT2D eigenvalue weighted by molar-refractivity contribution is -0.185. The zero-order chi connectivity index (χ0) is 17.5. The topological polar surface area (TPSA) is 38.8 Å². The van der Waals surface area contributed by atoms with Gasteiger partial charge in [-0.2, -0.15) is 0 Å². The fourth-order valence-corrected chi connectivity index (χ4v) is 5.04. The van der Waals surface area contributed by atoms with E-state index in [-0.39, 0.29) is 24.3 Å². The highest BCUT2D eigenvalue weighted by atomic mass is 19.3. The van der Waals surface area contributed by atoms with Crippen LogP contribution in [-0.4, -0.2) is 55.2 Å². The first-order chi connectivity index (χ1) is 12.0. The Labute approximate surface area is 148 Å². The Hall–Kier alpha value is -0.750. The average molecular weight is 357 g/mol. The van der Waals surface area contributed by atoms with Crippen LogP contribution in [0.3, 0.4) is 0 Å². The fraction of sp³-hybridized carbons (Fsp3) is 0.947. The number of hydrogen-bond donors (Lipinski definition) is 0. The van der Waals surface area contributed by atoms with Crippen molar-refractivity contribution >= 4 is 5.91 Å². The molecule has 4 rings (SSSR count). The number of nitrogens with zero attached hydrogens (tertiary/aromatic N) is 1. The van der Waals surface area contributed by atoms with Crippen molar-refractivity contribution in [2.45, 2.75) is 62.9 Å². The van der Waals surface area contributed by atoms with Crippen LogP contribution in [0.5, 0.6) is 0 Å². The maximum atomic E-state index is 13.0. The number of halogens is 2. The predicted octanol–water partition coefficient (Wildman–Crippen LogP) is 3.25. The lowest BCUT2D eigenvalue weighted by Crippen LogP contribution is -2.67. The van der Waals surface area contributed by atoms with E-state index in [1.165, 1.54) is 25.7 Å². The van der Waals surface area contributed by atoms with E-state index in [0.717, 1.165) is 38.6 Å². The molecule has 1 spiro atoms. The molecule has 6 heteroatoms. The Bertz CT molecular complexity index is 493. The number of amides is 1. The van der Waals surface area contributed by atoms with Gasteiger partial charge in [0.1, 0.15) is 5.60 Å². The van der Waals surface area contributed by atoms with Crippen molar-refractivity contribution in [3.05, 3.63) is 0 Å². The van der Waals surface area contributed by atoms with Crippen molar-refractivity contribution in [3.8, 4) is 0 Å². The van der Waals surface area contributed by atoms with Crippen molar-refractivity contribution in [2.24, 2.45) is 17.8 Å².